The normalized spacial score (nSPS) is 15.1. The molecule has 1 fully saturated rings. The highest BCUT2D eigenvalue weighted by atomic mass is 19.2. The maximum atomic E-state index is 14.5. The largest absolute Gasteiger partial charge is 0.465 e. The van der Waals surface area contributed by atoms with Crippen LogP contribution in [0.2, 0.25) is 0 Å². The number of amides is 1. The summed E-state index contributed by atoms with van der Waals surface area (Å²) in [5.41, 5.74) is 4.53. The van der Waals surface area contributed by atoms with Crippen LogP contribution in [0.3, 0.4) is 0 Å². The van der Waals surface area contributed by atoms with Gasteiger partial charge in [-0.1, -0.05) is 11.8 Å². The molecule has 5 nitrogen and oxygen atoms in total. The van der Waals surface area contributed by atoms with Crippen molar-refractivity contribution in [3.05, 3.63) is 81.8 Å². The van der Waals surface area contributed by atoms with E-state index in [1.807, 2.05) is 45.0 Å². The minimum Gasteiger partial charge on any atom is -0.465 e. The molecule has 0 spiro atoms. The number of rotatable bonds is 4. The van der Waals surface area contributed by atoms with E-state index < -0.39 is 23.8 Å². The number of aromatic nitrogens is 2. The van der Waals surface area contributed by atoms with E-state index in [4.69, 9.17) is 10.1 Å². The Bertz CT molecular complexity index is 1270. The Morgan fingerprint density at radius 3 is 2.48 bits per heavy atom. The summed E-state index contributed by atoms with van der Waals surface area (Å²) in [6, 6.07) is 10.2. The third-order valence-corrected chi connectivity index (χ3v) is 5.91. The van der Waals surface area contributed by atoms with Crippen LogP contribution < -0.4 is 0 Å². The Kier molecular flexibility index (Phi) is 6.19. The van der Waals surface area contributed by atoms with Crippen molar-refractivity contribution < 1.29 is 18.7 Å². The number of carbonyl (C=O) groups is 1. The van der Waals surface area contributed by atoms with Gasteiger partial charge in [-0.05, 0) is 87.6 Å². The minimum absolute atomic E-state index is 0.223. The third-order valence-electron chi connectivity index (χ3n) is 5.91. The van der Waals surface area contributed by atoms with Crippen LogP contribution in [-0.2, 0) is 12.8 Å². The zero-order valence-corrected chi connectivity index (χ0v) is 18.8. The second-order valence-electron chi connectivity index (χ2n) is 8.43. The molecule has 3 aromatic rings. The van der Waals surface area contributed by atoms with Crippen LogP contribution in [0.1, 0.15) is 40.2 Å². The summed E-state index contributed by atoms with van der Waals surface area (Å²) < 4.78 is 30.8. The van der Waals surface area contributed by atoms with Crippen LogP contribution in [0.25, 0.3) is 5.82 Å². The van der Waals surface area contributed by atoms with Crippen LogP contribution in [0, 0.1) is 44.2 Å². The van der Waals surface area contributed by atoms with Gasteiger partial charge in [-0.3, -0.25) is 4.90 Å². The number of benzene rings is 1. The highest BCUT2D eigenvalue weighted by molar-refractivity contribution is 5.67. The summed E-state index contributed by atoms with van der Waals surface area (Å²) in [4.78, 5) is 17.1. The van der Waals surface area contributed by atoms with E-state index in [2.05, 4.69) is 16.4 Å². The highest BCUT2D eigenvalue weighted by Crippen LogP contribution is 2.21. The number of carboxylic acid groups (broad SMARTS) is 1. The highest BCUT2D eigenvalue weighted by Gasteiger charge is 2.30. The maximum Gasteiger partial charge on any atom is 0.408 e. The molecule has 1 aliphatic rings. The quantitative estimate of drug-likeness (QED) is 0.573. The molecule has 33 heavy (non-hydrogen) atoms. The average Bonchev–Trinajstić information content (AvgIpc) is 3.06. The van der Waals surface area contributed by atoms with Gasteiger partial charge >= 0.3 is 6.09 Å². The van der Waals surface area contributed by atoms with Crippen molar-refractivity contribution in [1.29, 1.82) is 0 Å². The molecule has 0 aliphatic carbocycles. The number of hydrogen-bond donors (Lipinski definition) is 1. The van der Waals surface area contributed by atoms with Gasteiger partial charge in [-0.25, -0.2) is 18.6 Å². The van der Waals surface area contributed by atoms with Gasteiger partial charge in [0, 0.05) is 29.2 Å². The summed E-state index contributed by atoms with van der Waals surface area (Å²) in [5.74, 6) is 4.61. The van der Waals surface area contributed by atoms with Gasteiger partial charge in [0.1, 0.15) is 5.82 Å². The van der Waals surface area contributed by atoms with Crippen LogP contribution in [-0.4, -0.2) is 38.2 Å². The number of hydrogen-bond acceptors (Lipinski definition) is 2. The molecule has 3 heterocycles. The molecule has 0 bridgehead atoms. The summed E-state index contributed by atoms with van der Waals surface area (Å²) in [6.45, 7) is 6.45. The fourth-order valence-corrected chi connectivity index (χ4v) is 4.09. The van der Waals surface area contributed by atoms with E-state index in [-0.39, 0.29) is 12.0 Å². The van der Waals surface area contributed by atoms with Crippen molar-refractivity contribution in [2.45, 2.75) is 46.1 Å². The second kappa shape index (κ2) is 9.07. The first kappa shape index (κ1) is 22.5. The Labute approximate surface area is 191 Å². The second-order valence-corrected chi connectivity index (χ2v) is 8.43. The number of halogens is 2. The molecule has 4 rings (SSSR count). The van der Waals surface area contributed by atoms with Crippen LogP contribution in [0.4, 0.5) is 13.6 Å². The predicted molar refractivity (Wildman–Crippen MR) is 122 cm³/mol. The van der Waals surface area contributed by atoms with Gasteiger partial charge in [0.15, 0.2) is 11.6 Å². The fourth-order valence-electron chi connectivity index (χ4n) is 4.09. The molecule has 1 aliphatic heterocycles. The van der Waals surface area contributed by atoms with E-state index in [9.17, 15) is 13.6 Å². The van der Waals surface area contributed by atoms with Crippen LogP contribution in [0.5, 0.6) is 0 Å². The van der Waals surface area contributed by atoms with Crippen molar-refractivity contribution in [1.82, 2.24) is 14.5 Å². The smallest absolute Gasteiger partial charge is 0.408 e. The van der Waals surface area contributed by atoms with Crippen LogP contribution >= 0.6 is 0 Å². The molecule has 170 valence electrons. The maximum absolute atomic E-state index is 14.5. The van der Waals surface area contributed by atoms with E-state index in [1.165, 1.54) is 11.0 Å². The van der Waals surface area contributed by atoms with Gasteiger partial charge in [0.05, 0.1) is 6.04 Å². The van der Waals surface area contributed by atoms with E-state index >= 15 is 0 Å². The fraction of sp³-hybridized carbons (Fsp3) is 0.308. The summed E-state index contributed by atoms with van der Waals surface area (Å²) >= 11 is 0. The summed E-state index contributed by atoms with van der Waals surface area (Å²) in [7, 11) is 0. The number of aryl methyl sites for hydroxylation is 5. The summed E-state index contributed by atoms with van der Waals surface area (Å²) in [5, 5.41) is 9.07. The monoisotopic (exact) mass is 449 g/mol. The van der Waals surface area contributed by atoms with Crippen LogP contribution in [0.15, 0.2) is 36.4 Å². The summed E-state index contributed by atoms with van der Waals surface area (Å²) in [6.07, 6.45) is 0.318. The lowest BCUT2D eigenvalue weighted by atomic mass is 10.0. The minimum atomic E-state index is -1.03. The van der Waals surface area contributed by atoms with Gasteiger partial charge in [-0.2, -0.15) is 0 Å². The Morgan fingerprint density at radius 1 is 1.12 bits per heavy atom. The van der Waals surface area contributed by atoms with Gasteiger partial charge in [-0.15, -0.1) is 0 Å². The standard InChI is InChI=1S/C26H25F2N3O2/c1-16-12-21(29-24(13-16)31-17(2)4-5-18(31)3)8-7-20-14-19(15-23(27)25(20)28)6-9-22-10-11-30(22)26(32)33/h4-5,12-15,22H,7-8,10-11H2,1-3H3,(H,32,33). The molecule has 1 saturated heterocycles. The van der Waals surface area contributed by atoms with Gasteiger partial charge < -0.3 is 9.67 Å². The van der Waals surface area contributed by atoms with E-state index in [1.54, 1.807) is 0 Å². The lowest BCUT2D eigenvalue weighted by Gasteiger charge is -2.34. The number of nitrogens with zero attached hydrogens (tertiary/aromatic N) is 3. The Morgan fingerprint density at radius 2 is 1.85 bits per heavy atom. The molecule has 1 amide bonds. The third kappa shape index (κ3) is 4.75. The first-order valence-corrected chi connectivity index (χ1v) is 10.8. The molecule has 1 atom stereocenters. The first-order chi connectivity index (χ1) is 15.7. The predicted octanol–water partition coefficient (Wildman–Crippen LogP) is 4.96. The average molecular weight is 450 g/mol. The molecule has 0 radical (unpaired) electrons. The topological polar surface area (TPSA) is 58.4 Å². The molecule has 2 aromatic heterocycles. The van der Waals surface area contributed by atoms with Crippen molar-refractivity contribution in [3.63, 3.8) is 0 Å². The molecule has 0 saturated carbocycles. The first-order valence-electron chi connectivity index (χ1n) is 10.8. The Balaban J connectivity index is 1.55. The van der Waals surface area contributed by atoms with Crippen molar-refractivity contribution >= 4 is 6.09 Å². The van der Waals surface area contributed by atoms with E-state index in [0.717, 1.165) is 34.5 Å². The van der Waals surface area contributed by atoms with Crippen molar-refractivity contribution in [2.24, 2.45) is 0 Å². The van der Waals surface area contributed by atoms with E-state index in [0.29, 0.717) is 24.9 Å². The SMILES string of the molecule is Cc1cc(CCc2cc(C#CC3CCN3C(=O)O)cc(F)c2F)nc(-n2c(C)ccc2C)c1. The van der Waals surface area contributed by atoms with Gasteiger partial charge in [0.2, 0.25) is 0 Å². The number of likely N-dealkylation sites (tertiary alicyclic amines) is 1. The molecular formula is C26H25F2N3O2. The zero-order valence-electron chi connectivity index (χ0n) is 18.8. The number of pyridine rings is 1. The van der Waals surface area contributed by atoms with Crippen molar-refractivity contribution in [3.8, 4) is 17.7 Å². The molecular weight excluding hydrogens is 424 g/mol. The lowest BCUT2D eigenvalue weighted by molar-refractivity contribution is 0.0974. The molecule has 1 aromatic carbocycles. The molecule has 1 unspecified atom stereocenters. The zero-order chi connectivity index (χ0) is 23.7. The Hall–Kier alpha value is -3.66. The lowest BCUT2D eigenvalue weighted by Crippen LogP contribution is -2.49. The van der Waals surface area contributed by atoms with Gasteiger partial charge in [0.25, 0.3) is 0 Å². The molecule has 1 N–H and O–H groups in total. The van der Waals surface area contributed by atoms with Crippen molar-refractivity contribution in [2.75, 3.05) is 6.54 Å². The molecule has 7 heteroatoms.